The van der Waals surface area contributed by atoms with Crippen LogP contribution in [0.5, 0.6) is 0 Å². The fourth-order valence-corrected chi connectivity index (χ4v) is 2.05. The number of ether oxygens (including phenoxy) is 1. The zero-order valence-electron chi connectivity index (χ0n) is 9.45. The zero-order valence-corrected chi connectivity index (χ0v) is 9.45. The number of imidazole rings is 1. The summed E-state index contributed by atoms with van der Waals surface area (Å²) in [5.74, 6) is 0.196. The van der Waals surface area contributed by atoms with Gasteiger partial charge in [-0.2, -0.15) is 0 Å². The van der Waals surface area contributed by atoms with E-state index in [0.29, 0.717) is 13.2 Å². The summed E-state index contributed by atoms with van der Waals surface area (Å²) >= 11 is 0. The number of aromatic amines is 1. The van der Waals surface area contributed by atoms with Gasteiger partial charge in [-0.1, -0.05) is 0 Å². The van der Waals surface area contributed by atoms with Gasteiger partial charge in [0.1, 0.15) is 0 Å². The molecular weight excluding hydrogens is 206 g/mol. The van der Waals surface area contributed by atoms with Crippen LogP contribution in [0.4, 0.5) is 0 Å². The van der Waals surface area contributed by atoms with E-state index in [4.69, 9.17) is 4.74 Å². The lowest BCUT2D eigenvalue weighted by molar-refractivity contribution is -0.125. The van der Waals surface area contributed by atoms with Gasteiger partial charge in [0.25, 0.3) is 0 Å². The van der Waals surface area contributed by atoms with Gasteiger partial charge in [0.05, 0.1) is 18.6 Å². The van der Waals surface area contributed by atoms with E-state index in [1.54, 1.807) is 13.4 Å². The number of aromatic nitrogens is 2. The van der Waals surface area contributed by atoms with Gasteiger partial charge in [-0.05, 0) is 12.8 Å². The number of nitrogens with zero attached hydrogens (tertiary/aromatic N) is 1. The molecule has 88 valence electrons. The highest BCUT2D eigenvalue weighted by molar-refractivity contribution is 5.79. The molecule has 2 N–H and O–H groups in total. The van der Waals surface area contributed by atoms with Crippen molar-refractivity contribution < 1.29 is 9.53 Å². The van der Waals surface area contributed by atoms with Crippen molar-refractivity contribution in [3.8, 4) is 0 Å². The van der Waals surface area contributed by atoms with Crippen LogP contribution >= 0.6 is 0 Å². The predicted octanol–water partition coefficient (Wildman–Crippen LogP) is 0.277. The molecule has 0 unspecified atom stereocenters. The van der Waals surface area contributed by atoms with Gasteiger partial charge in [0.15, 0.2) is 0 Å². The maximum absolute atomic E-state index is 11.8. The second-order valence-corrected chi connectivity index (χ2v) is 4.05. The lowest BCUT2D eigenvalue weighted by atomic mass is 9.89. The second kappa shape index (κ2) is 5.12. The average Bonchev–Trinajstić information content (AvgIpc) is 2.76. The van der Waals surface area contributed by atoms with E-state index in [1.165, 1.54) is 0 Å². The van der Waals surface area contributed by atoms with Gasteiger partial charge in [-0.25, -0.2) is 4.98 Å². The van der Waals surface area contributed by atoms with Crippen molar-refractivity contribution in [1.29, 1.82) is 0 Å². The van der Waals surface area contributed by atoms with Crippen molar-refractivity contribution in [2.75, 3.05) is 20.3 Å². The molecule has 2 rings (SSSR count). The van der Waals surface area contributed by atoms with Crippen molar-refractivity contribution in [2.24, 2.45) is 5.92 Å². The summed E-state index contributed by atoms with van der Waals surface area (Å²) in [6.07, 6.45) is 4.25. The third-order valence-corrected chi connectivity index (χ3v) is 2.96. The molecule has 1 heterocycles. The SMILES string of the molecule is COCCNC(=O)[C@@H]1CCc2nc[nH]c2C1. The molecule has 1 aliphatic carbocycles. The van der Waals surface area contributed by atoms with Gasteiger partial charge in [-0.15, -0.1) is 0 Å². The third-order valence-electron chi connectivity index (χ3n) is 2.96. The average molecular weight is 223 g/mol. The number of nitrogens with one attached hydrogen (secondary N) is 2. The minimum Gasteiger partial charge on any atom is -0.383 e. The van der Waals surface area contributed by atoms with Gasteiger partial charge in [0, 0.05) is 31.7 Å². The van der Waals surface area contributed by atoms with Gasteiger partial charge in [-0.3, -0.25) is 4.79 Å². The van der Waals surface area contributed by atoms with Crippen LogP contribution in [0.1, 0.15) is 17.8 Å². The van der Waals surface area contributed by atoms with Crippen LogP contribution in [0.3, 0.4) is 0 Å². The lowest BCUT2D eigenvalue weighted by Crippen LogP contribution is -2.35. The van der Waals surface area contributed by atoms with Gasteiger partial charge in [0.2, 0.25) is 5.91 Å². The molecule has 1 aromatic rings. The van der Waals surface area contributed by atoms with Crippen LogP contribution in [0.25, 0.3) is 0 Å². The fourth-order valence-electron chi connectivity index (χ4n) is 2.05. The minimum absolute atomic E-state index is 0.0739. The van der Waals surface area contributed by atoms with Crippen LogP contribution in [0, 0.1) is 5.92 Å². The smallest absolute Gasteiger partial charge is 0.223 e. The standard InChI is InChI=1S/C11H17N3O2/c1-16-5-4-12-11(15)8-2-3-9-10(6-8)14-7-13-9/h7-8H,2-6H2,1H3,(H,12,15)(H,13,14)/t8-/m1/s1. The first-order valence-corrected chi connectivity index (χ1v) is 5.59. The number of amides is 1. The first-order chi connectivity index (χ1) is 7.81. The number of fused-ring (bicyclic) bond motifs is 1. The number of carbonyl (C=O) groups is 1. The molecular formula is C11H17N3O2. The van der Waals surface area contributed by atoms with Crippen LogP contribution in [-0.2, 0) is 22.4 Å². The number of hydrogen-bond acceptors (Lipinski definition) is 3. The van der Waals surface area contributed by atoms with E-state index in [2.05, 4.69) is 15.3 Å². The molecule has 5 heteroatoms. The Morgan fingerprint density at radius 2 is 2.62 bits per heavy atom. The molecule has 0 spiro atoms. The summed E-state index contributed by atoms with van der Waals surface area (Å²) in [7, 11) is 1.63. The van der Waals surface area contributed by atoms with Gasteiger partial charge < -0.3 is 15.0 Å². The molecule has 0 aromatic carbocycles. The first kappa shape index (κ1) is 11.1. The Hall–Kier alpha value is -1.36. The second-order valence-electron chi connectivity index (χ2n) is 4.05. The predicted molar refractivity (Wildman–Crippen MR) is 59.0 cm³/mol. The molecule has 16 heavy (non-hydrogen) atoms. The largest absolute Gasteiger partial charge is 0.383 e. The Labute approximate surface area is 94.6 Å². The van der Waals surface area contributed by atoms with Crippen molar-refractivity contribution in [3.63, 3.8) is 0 Å². The number of methoxy groups -OCH3 is 1. The molecule has 0 radical (unpaired) electrons. The highest BCUT2D eigenvalue weighted by atomic mass is 16.5. The summed E-state index contributed by atoms with van der Waals surface area (Å²) in [5.41, 5.74) is 2.22. The van der Waals surface area contributed by atoms with Crippen molar-refractivity contribution in [3.05, 3.63) is 17.7 Å². The van der Waals surface area contributed by atoms with E-state index in [9.17, 15) is 4.79 Å². The molecule has 1 aromatic heterocycles. The normalized spacial score (nSPS) is 19.2. The summed E-state index contributed by atoms with van der Waals surface area (Å²) in [6.45, 7) is 1.15. The van der Waals surface area contributed by atoms with Crippen molar-refractivity contribution >= 4 is 5.91 Å². The number of H-pyrrole nitrogens is 1. The van der Waals surface area contributed by atoms with E-state index in [1.807, 2.05) is 0 Å². The third kappa shape index (κ3) is 2.41. The molecule has 0 aliphatic heterocycles. The Bertz CT molecular complexity index is 362. The number of hydrogen-bond donors (Lipinski definition) is 2. The van der Waals surface area contributed by atoms with Crippen LogP contribution in [0.2, 0.25) is 0 Å². The van der Waals surface area contributed by atoms with E-state index in [0.717, 1.165) is 30.7 Å². The Morgan fingerprint density at radius 3 is 3.44 bits per heavy atom. The maximum atomic E-state index is 11.8. The van der Waals surface area contributed by atoms with Crippen LogP contribution < -0.4 is 5.32 Å². The number of rotatable bonds is 4. The summed E-state index contributed by atoms with van der Waals surface area (Å²) in [5, 5.41) is 2.88. The van der Waals surface area contributed by atoms with E-state index < -0.39 is 0 Å². The summed E-state index contributed by atoms with van der Waals surface area (Å²) in [6, 6.07) is 0. The van der Waals surface area contributed by atoms with Crippen molar-refractivity contribution in [1.82, 2.24) is 15.3 Å². The quantitative estimate of drug-likeness (QED) is 0.720. The van der Waals surface area contributed by atoms with Crippen LogP contribution in [0.15, 0.2) is 6.33 Å². The van der Waals surface area contributed by atoms with Crippen molar-refractivity contribution in [2.45, 2.75) is 19.3 Å². The molecule has 0 bridgehead atoms. The highest BCUT2D eigenvalue weighted by Crippen LogP contribution is 2.22. The number of carbonyl (C=O) groups excluding carboxylic acids is 1. The minimum atomic E-state index is 0.0739. The molecule has 1 aliphatic rings. The summed E-state index contributed by atoms with van der Waals surface area (Å²) in [4.78, 5) is 19.1. The Morgan fingerprint density at radius 1 is 1.75 bits per heavy atom. The lowest BCUT2D eigenvalue weighted by Gasteiger charge is -2.20. The van der Waals surface area contributed by atoms with Gasteiger partial charge >= 0.3 is 0 Å². The fraction of sp³-hybridized carbons (Fsp3) is 0.636. The molecule has 0 fully saturated rings. The van der Waals surface area contributed by atoms with E-state index >= 15 is 0 Å². The highest BCUT2D eigenvalue weighted by Gasteiger charge is 2.25. The number of aryl methyl sites for hydroxylation is 1. The molecule has 0 saturated carbocycles. The Kier molecular flexibility index (Phi) is 3.56. The molecule has 5 nitrogen and oxygen atoms in total. The van der Waals surface area contributed by atoms with E-state index in [-0.39, 0.29) is 11.8 Å². The summed E-state index contributed by atoms with van der Waals surface area (Å²) < 4.78 is 4.89. The Balaban J connectivity index is 1.86. The molecule has 1 atom stereocenters. The monoisotopic (exact) mass is 223 g/mol. The zero-order chi connectivity index (χ0) is 11.4. The molecule has 1 amide bonds. The maximum Gasteiger partial charge on any atom is 0.223 e. The first-order valence-electron chi connectivity index (χ1n) is 5.59. The molecule has 0 saturated heterocycles. The topological polar surface area (TPSA) is 67.0 Å². The van der Waals surface area contributed by atoms with Crippen LogP contribution in [-0.4, -0.2) is 36.1 Å².